The van der Waals surface area contributed by atoms with Crippen molar-refractivity contribution in [2.75, 3.05) is 0 Å². The molecule has 144 valence electrons. The van der Waals surface area contributed by atoms with Crippen LogP contribution in [0.3, 0.4) is 0 Å². The molecule has 1 atom stereocenters. The summed E-state index contributed by atoms with van der Waals surface area (Å²) in [6, 6.07) is 12.0. The minimum Gasteiger partial charge on any atom is -0.481 e. The molecular weight excluding hydrogens is 387 g/mol. The van der Waals surface area contributed by atoms with Crippen LogP contribution in [0.1, 0.15) is 43.6 Å². The van der Waals surface area contributed by atoms with E-state index in [2.05, 4.69) is 25.9 Å². The Balaban J connectivity index is 2.00. The Morgan fingerprint density at radius 2 is 1.74 bits per heavy atom. The molecule has 0 aromatic heterocycles. The second kappa shape index (κ2) is 8.63. The molecule has 7 heteroatoms. The zero-order valence-corrected chi connectivity index (χ0v) is 17.1. The van der Waals surface area contributed by atoms with Gasteiger partial charge in [-0.15, -0.1) is 0 Å². The molecule has 2 aromatic carbocycles. The van der Waals surface area contributed by atoms with Gasteiger partial charge in [-0.3, -0.25) is 0 Å². The quantitative estimate of drug-likeness (QED) is 0.319. The number of carbonyl (C=O) groups excluding carboxylic acids is 1. The van der Waals surface area contributed by atoms with Crippen LogP contribution >= 0.6 is 23.2 Å². The Morgan fingerprint density at radius 1 is 1.11 bits per heavy atom. The molecule has 0 radical (unpaired) electrons. The van der Waals surface area contributed by atoms with Crippen molar-refractivity contribution < 1.29 is 14.4 Å². The van der Waals surface area contributed by atoms with Crippen LogP contribution in [0.25, 0.3) is 0 Å². The normalized spacial score (nSPS) is 13.2. The highest BCUT2D eigenvalue weighted by atomic mass is 35.5. The summed E-state index contributed by atoms with van der Waals surface area (Å²) in [5.41, 5.74) is 7.33. The number of nitrogens with two attached hydrogens (primary N) is 1. The van der Waals surface area contributed by atoms with Crippen molar-refractivity contribution in [3.05, 3.63) is 63.6 Å². The Bertz CT molecular complexity index is 843. The highest BCUT2D eigenvalue weighted by molar-refractivity contribution is 6.35. The third-order valence-corrected chi connectivity index (χ3v) is 4.37. The molecule has 0 aliphatic carbocycles. The molecule has 2 aromatic rings. The number of halogens is 2. The van der Waals surface area contributed by atoms with Crippen molar-refractivity contribution >= 4 is 35.0 Å². The molecule has 2 N–H and O–H groups in total. The summed E-state index contributed by atoms with van der Waals surface area (Å²) >= 11 is 11.9. The number of rotatable bonds is 5. The lowest BCUT2D eigenvalue weighted by Crippen LogP contribution is -2.31. The first kappa shape index (κ1) is 21.1. The van der Waals surface area contributed by atoms with Crippen LogP contribution in [-0.4, -0.2) is 17.9 Å². The number of amidine groups is 1. The van der Waals surface area contributed by atoms with Gasteiger partial charge in [0.15, 0.2) is 11.9 Å². The summed E-state index contributed by atoms with van der Waals surface area (Å²) in [7, 11) is 0. The SMILES string of the molecule is C[C@H](Oc1ccc(Cl)cc1Cl)/C(N)=N\OC(=O)c1ccc(C(C)(C)C)cc1. The summed E-state index contributed by atoms with van der Waals surface area (Å²) in [4.78, 5) is 17.0. The van der Waals surface area contributed by atoms with E-state index < -0.39 is 12.1 Å². The third kappa shape index (κ3) is 5.88. The zero-order valence-electron chi connectivity index (χ0n) is 15.6. The van der Waals surface area contributed by atoms with Gasteiger partial charge in [0.1, 0.15) is 5.75 Å². The standard InChI is InChI=1S/C20H22Cl2N2O3/c1-12(26-17-10-9-15(21)11-16(17)22)18(23)24-27-19(25)13-5-7-14(8-6-13)20(2,3)4/h5-12H,1-4H3,(H2,23,24)/t12-/m0/s1. The highest BCUT2D eigenvalue weighted by Gasteiger charge is 2.16. The third-order valence-electron chi connectivity index (χ3n) is 3.83. The smallest absolute Gasteiger partial charge is 0.365 e. The molecule has 0 amide bonds. The molecule has 0 spiro atoms. The molecule has 0 saturated heterocycles. The minimum absolute atomic E-state index is 0.000628. The molecule has 0 unspecified atom stereocenters. The Labute approximate surface area is 169 Å². The predicted octanol–water partition coefficient (Wildman–Crippen LogP) is 5.19. The Hall–Kier alpha value is -2.24. The van der Waals surface area contributed by atoms with Gasteiger partial charge in [-0.1, -0.05) is 61.3 Å². The van der Waals surface area contributed by atoms with Crippen molar-refractivity contribution in [2.24, 2.45) is 10.9 Å². The van der Waals surface area contributed by atoms with E-state index in [-0.39, 0.29) is 11.3 Å². The topological polar surface area (TPSA) is 73.9 Å². The number of oxime groups is 1. The average molecular weight is 409 g/mol. The average Bonchev–Trinajstić information content (AvgIpc) is 2.61. The van der Waals surface area contributed by atoms with E-state index in [9.17, 15) is 4.79 Å². The molecule has 5 nitrogen and oxygen atoms in total. The van der Waals surface area contributed by atoms with E-state index in [4.69, 9.17) is 38.5 Å². The van der Waals surface area contributed by atoms with Gasteiger partial charge < -0.3 is 15.3 Å². The minimum atomic E-state index is -0.653. The summed E-state index contributed by atoms with van der Waals surface area (Å²) in [5.74, 6) is -0.202. The monoisotopic (exact) mass is 408 g/mol. The maximum atomic E-state index is 12.1. The fraction of sp³-hybridized carbons (Fsp3) is 0.300. The fourth-order valence-corrected chi connectivity index (χ4v) is 2.60. The first-order valence-electron chi connectivity index (χ1n) is 8.35. The fourth-order valence-electron chi connectivity index (χ4n) is 2.15. The van der Waals surface area contributed by atoms with Gasteiger partial charge in [0.25, 0.3) is 0 Å². The number of nitrogens with zero attached hydrogens (tertiary/aromatic N) is 1. The lowest BCUT2D eigenvalue weighted by molar-refractivity contribution is 0.0511. The molecular formula is C20H22Cl2N2O3. The van der Waals surface area contributed by atoms with E-state index >= 15 is 0 Å². The van der Waals surface area contributed by atoms with Crippen LogP contribution in [-0.2, 0) is 10.3 Å². The molecule has 0 heterocycles. The Morgan fingerprint density at radius 3 is 2.30 bits per heavy atom. The number of carbonyl (C=O) groups is 1. The second-order valence-electron chi connectivity index (χ2n) is 7.06. The van der Waals surface area contributed by atoms with Crippen LogP contribution in [0.4, 0.5) is 0 Å². The van der Waals surface area contributed by atoms with Crippen molar-refractivity contribution in [3.8, 4) is 5.75 Å². The summed E-state index contributed by atoms with van der Waals surface area (Å²) < 4.78 is 5.62. The van der Waals surface area contributed by atoms with E-state index in [1.54, 1.807) is 37.3 Å². The summed E-state index contributed by atoms with van der Waals surface area (Å²) in [5, 5.41) is 4.50. The second-order valence-corrected chi connectivity index (χ2v) is 7.90. The van der Waals surface area contributed by atoms with E-state index in [0.29, 0.717) is 21.4 Å². The lowest BCUT2D eigenvalue weighted by Gasteiger charge is -2.18. The Kier molecular flexibility index (Phi) is 6.73. The van der Waals surface area contributed by atoms with E-state index in [0.717, 1.165) is 5.56 Å². The van der Waals surface area contributed by atoms with Gasteiger partial charge in [0.05, 0.1) is 10.6 Å². The number of ether oxygens (including phenoxy) is 1. The molecule has 2 rings (SSSR count). The van der Waals surface area contributed by atoms with Gasteiger partial charge in [-0.05, 0) is 48.2 Å². The van der Waals surface area contributed by atoms with Gasteiger partial charge in [0, 0.05) is 5.02 Å². The van der Waals surface area contributed by atoms with Gasteiger partial charge in [-0.25, -0.2) is 4.79 Å². The van der Waals surface area contributed by atoms with Gasteiger partial charge in [0.2, 0.25) is 0 Å². The summed E-state index contributed by atoms with van der Waals surface area (Å²) in [6.07, 6.45) is -0.653. The largest absolute Gasteiger partial charge is 0.481 e. The van der Waals surface area contributed by atoms with Crippen molar-refractivity contribution in [3.63, 3.8) is 0 Å². The molecule has 0 aliphatic rings. The van der Waals surface area contributed by atoms with Crippen LogP contribution in [0.15, 0.2) is 47.6 Å². The maximum absolute atomic E-state index is 12.1. The van der Waals surface area contributed by atoms with Gasteiger partial charge >= 0.3 is 5.97 Å². The van der Waals surface area contributed by atoms with Crippen LogP contribution in [0.2, 0.25) is 10.0 Å². The van der Waals surface area contributed by atoms with E-state index in [1.165, 1.54) is 0 Å². The number of hydrogen-bond acceptors (Lipinski definition) is 4. The molecule has 0 aliphatic heterocycles. The molecule has 0 saturated carbocycles. The van der Waals surface area contributed by atoms with Gasteiger partial charge in [-0.2, -0.15) is 0 Å². The van der Waals surface area contributed by atoms with Crippen LogP contribution < -0.4 is 10.5 Å². The van der Waals surface area contributed by atoms with E-state index in [1.807, 2.05) is 12.1 Å². The van der Waals surface area contributed by atoms with Crippen molar-refractivity contribution in [1.29, 1.82) is 0 Å². The maximum Gasteiger partial charge on any atom is 0.365 e. The predicted molar refractivity (Wildman–Crippen MR) is 109 cm³/mol. The molecule has 0 fully saturated rings. The molecule has 27 heavy (non-hydrogen) atoms. The highest BCUT2D eigenvalue weighted by Crippen LogP contribution is 2.28. The number of hydrogen-bond donors (Lipinski definition) is 1. The van der Waals surface area contributed by atoms with Crippen molar-refractivity contribution in [1.82, 2.24) is 0 Å². The first-order chi connectivity index (χ1) is 12.6. The van der Waals surface area contributed by atoms with Crippen LogP contribution in [0.5, 0.6) is 5.75 Å². The summed E-state index contributed by atoms with van der Waals surface area (Å²) in [6.45, 7) is 7.95. The number of benzene rings is 2. The van der Waals surface area contributed by atoms with Crippen LogP contribution in [0, 0.1) is 0 Å². The zero-order chi connectivity index (χ0) is 20.2. The lowest BCUT2D eigenvalue weighted by atomic mass is 9.87. The first-order valence-corrected chi connectivity index (χ1v) is 9.10. The van der Waals surface area contributed by atoms with Crippen molar-refractivity contribution in [2.45, 2.75) is 39.2 Å². The molecule has 0 bridgehead atoms.